The number of ether oxygens (including phenoxy) is 3. The number of fused-ring (bicyclic) bond motifs is 1. The van der Waals surface area contributed by atoms with Gasteiger partial charge in [-0.3, -0.25) is 4.39 Å². The zero-order valence-electron chi connectivity index (χ0n) is 9.28. The van der Waals surface area contributed by atoms with Gasteiger partial charge in [0.1, 0.15) is 5.75 Å². The van der Waals surface area contributed by atoms with Gasteiger partial charge in [0.25, 0.3) is 0 Å². The van der Waals surface area contributed by atoms with Gasteiger partial charge in [0.15, 0.2) is 6.79 Å². The normalized spacial score (nSPS) is 13.7. The molecule has 0 spiro atoms. The number of hydrogen-bond acceptors (Lipinski definition) is 4. The van der Waals surface area contributed by atoms with E-state index in [0.717, 1.165) is 11.3 Å². The summed E-state index contributed by atoms with van der Waals surface area (Å²) in [6.07, 6.45) is 0.225. The molecule has 0 fully saturated rings. The van der Waals surface area contributed by atoms with Gasteiger partial charge in [-0.1, -0.05) is 0 Å². The summed E-state index contributed by atoms with van der Waals surface area (Å²) in [6, 6.07) is 5.01. The quantitative estimate of drug-likeness (QED) is 0.597. The van der Waals surface area contributed by atoms with Crippen LogP contribution in [0, 0.1) is 0 Å². The van der Waals surface area contributed by atoms with E-state index in [1.807, 2.05) is 0 Å². The highest BCUT2D eigenvalue weighted by Crippen LogP contribution is 2.24. The first-order valence-electron chi connectivity index (χ1n) is 5.38. The van der Waals surface area contributed by atoms with E-state index < -0.39 is 12.6 Å². The molecule has 1 aromatic carbocycles. The van der Waals surface area contributed by atoms with Crippen LogP contribution in [0.25, 0.3) is 0 Å². The highest BCUT2D eigenvalue weighted by atomic mass is 19.1. The van der Waals surface area contributed by atoms with Crippen LogP contribution in [0.2, 0.25) is 0 Å². The summed E-state index contributed by atoms with van der Waals surface area (Å²) in [5.41, 5.74) is 1.24. The van der Waals surface area contributed by atoms with E-state index in [1.165, 1.54) is 0 Å². The fraction of sp³-hybridized carbons (Fsp3) is 0.417. The lowest BCUT2D eigenvalue weighted by Gasteiger charge is -2.17. The molecule has 0 N–H and O–H groups in total. The van der Waals surface area contributed by atoms with Crippen molar-refractivity contribution in [2.45, 2.75) is 13.0 Å². The Kier molecular flexibility index (Phi) is 3.93. The Labute approximate surface area is 98.3 Å². The molecule has 0 unspecified atom stereocenters. The highest BCUT2D eigenvalue weighted by molar-refractivity contribution is 5.89. The first kappa shape index (κ1) is 11.9. The van der Waals surface area contributed by atoms with Crippen LogP contribution in [0.15, 0.2) is 18.2 Å². The Morgan fingerprint density at radius 3 is 3.18 bits per heavy atom. The minimum atomic E-state index is -0.487. The molecule has 0 bridgehead atoms. The summed E-state index contributed by atoms with van der Waals surface area (Å²) < 4.78 is 27.1. The molecule has 0 amide bonds. The molecule has 4 nitrogen and oxygen atoms in total. The number of esters is 1. The molecule has 5 heteroatoms. The van der Waals surface area contributed by atoms with E-state index in [2.05, 4.69) is 0 Å². The molecule has 0 aromatic heterocycles. The molecular weight excluding hydrogens is 227 g/mol. The second kappa shape index (κ2) is 5.63. The van der Waals surface area contributed by atoms with Crippen molar-refractivity contribution in [2.75, 3.05) is 20.1 Å². The second-order valence-electron chi connectivity index (χ2n) is 3.61. The average molecular weight is 240 g/mol. The van der Waals surface area contributed by atoms with Gasteiger partial charge in [-0.15, -0.1) is 0 Å². The van der Waals surface area contributed by atoms with E-state index in [0.29, 0.717) is 12.2 Å². The maximum Gasteiger partial charge on any atom is 0.338 e. The number of hydrogen-bond donors (Lipinski definition) is 0. The summed E-state index contributed by atoms with van der Waals surface area (Å²) in [5.74, 6) is 0.267. The summed E-state index contributed by atoms with van der Waals surface area (Å²) in [5, 5.41) is 0. The SMILES string of the molecule is O=C(OCCCF)c1ccc2c(c1)COCO2. The predicted molar refractivity (Wildman–Crippen MR) is 57.6 cm³/mol. The number of benzene rings is 1. The lowest BCUT2D eigenvalue weighted by molar-refractivity contribution is -0.0164. The Balaban J connectivity index is 2.03. The molecule has 1 aliphatic rings. The molecule has 0 atom stereocenters. The van der Waals surface area contributed by atoms with Gasteiger partial charge >= 0.3 is 5.97 Å². The molecular formula is C12H13FO4. The van der Waals surface area contributed by atoms with Gasteiger partial charge in [0, 0.05) is 12.0 Å². The summed E-state index contributed by atoms with van der Waals surface area (Å²) in [4.78, 5) is 11.6. The minimum absolute atomic E-state index is 0.0966. The van der Waals surface area contributed by atoms with E-state index in [9.17, 15) is 9.18 Å². The zero-order valence-corrected chi connectivity index (χ0v) is 9.28. The number of carbonyl (C=O) groups is 1. The van der Waals surface area contributed by atoms with Gasteiger partial charge in [0.05, 0.1) is 25.5 Å². The van der Waals surface area contributed by atoms with Crippen LogP contribution < -0.4 is 4.74 Å². The van der Waals surface area contributed by atoms with Crippen LogP contribution in [0.3, 0.4) is 0 Å². The molecule has 17 heavy (non-hydrogen) atoms. The van der Waals surface area contributed by atoms with Crippen LogP contribution in [0.5, 0.6) is 5.75 Å². The van der Waals surface area contributed by atoms with Gasteiger partial charge in [0.2, 0.25) is 0 Å². The van der Waals surface area contributed by atoms with Crippen LogP contribution in [0.4, 0.5) is 4.39 Å². The lowest BCUT2D eigenvalue weighted by atomic mass is 10.1. The van der Waals surface area contributed by atoms with Crippen molar-refractivity contribution in [3.63, 3.8) is 0 Å². The summed E-state index contributed by atoms with van der Waals surface area (Å²) >= 11 is 0. The molecule has 1 aromatic rings. The number of halogens is 1. The molecule has 0 aliphatic carbocycles. The van der Waals surface area contributed by atoms with Crippen LogP contribution in [-0.4, -0.2) is 26.0 Å². The monoisotopic (exact) mass is 240 g/mol. The van der Waals surface area contributed by atoms with Crippen molar-refractivity contribution in [1.82, 2.24) is 0 Å². The van der Waals surface area contributed by atoms with Crippen molar-refractivity contribution in [2.24, 2.45) is 0 Å². The van der Waals surface area contributed by atoms with Crippen molar-refractivity contribution < 1.29 is 23.4 Å². The molecule has 1 aliphatic heterocycles. The summed E-state index contributed by atoms with van der Waals surface area (Å²) in [6.45, 7) is 0.257. The Hall–Kier alpha value is -1.62. The Bertz CT molecular complexity index is 405. The van der Waals surface area contributed by atoms with E-state index >= 15 is 0 Å². The standard InChI is InChI=1S/C12H13FO4/c13-4-1-5-16-12(14)9-2-3-11-10(6-9)7-15-8-17-11/h2-3,6H,1,4-5,7-8H2. The minimum Gasteiger partial charge on any atom is -0.467 e. The number of carbonyl (C=O) groups excluding carboxylic acids is 1. The largest absolute Gasteiger partial charge is 0.467 e. The topological polar surface area (TPSA) is 44.8 Å². The number of alkyl halides is 1. The molecule has 2 rings (SSSR count). The average Bonchev–Trinajstić information content (AvgIpc) is 2.38. The molecule has 0 saturated carbocycles. The second-order valence-corrected chi connectivity index (χ2v) is 3.61. The smallest absolute Gasteiger partial charge is 0.338 e. The highest BCUT2D eigenvalue weighted by Gasteiger charge is 2.14. The maximum absolute atomic E-state index is 11.8. The molecule has 92 valence electrons. The fourth-order valence-corrected chi connectivity index (χ4v) is 1.52. The first-order chi connectivity index (χ1) is 8.31. The molecule has 1 heterocycles. The zero-order chi connectivity index (χ0) is 12.1. The van der Waals surface area contributed by atoms with E-state index in [-0.39, 0.29) is 19.8 Å². The van der Waals surface area contributed by atoms with Crippen molar-refractivity contribution in [3.05, 3.63) is 29.3 Å². The van der Waals surface area contributed by atoms with Crippen LogP contribution >= 0.6 is 0 Å². The fourth-order valence-electron chi connectivity index (χ4n) is 1.52. The lowest BCUT2D eigenvalue weighted by Crippen LogP contribution is -2.13. The Morgan fingerprint density at radius 1 is 1.47 bits per heavy atom. The third kappa shape index (κ3) is 2.94. The third-order valence-electron chi connectivity index (χ3n) is 2.36. The van der Waals surface area contributed by atoms with Crippen molar-refractivity contribution in [1.29, 1.82) is 0 Å². The van der Waals surface area contributed by atoms with Gasteiger partial charge < -0.3 is 14.2 Å². The first-order valence-corrected chi connectivity index (χ1v) is 5.38. The van der Waals surface area contributed by atoms with E-state index in [1.54, 1.807) is 18.2 Å². The van der Waals surface area contributed by atoms with Crippen LogP contribution in [0.1, 0.15) is 22.3 Å². The van der Waals surface area contributed by atoms with E-state index in [4.69, 9.17) is 14.2 Å². The van der Waals surface area contributed by atoms with Gasteiger partial charge in [-0.2, -0.15) is 0 Å². The van der Waals surface area contributed by atoms with Gasteiger partial charge in [-0.05, 0) is 18.2 Å². The van der Waals surface area contributed by atoms with Crippen molar-refractivity contribution in [3.8, 4) is 5.75 Å². The molecule has 0 saturated heterocycles. The number of rotatable bonds is 4. The molecule has 0 radical (unpaired) electrons. The Morgan fingerprint density at radius 2 is 2.35 bits per heavy atom. The van der Waals surface area contributed by atoms with Crippen LogP contribution in [-0.2, 0) is 16.1 Å². The van der Waals surface area contributed by atoms with Gasteiger partial charge in [-0.25, -0.2) is 4.79 Å². The predicted octanol–water partition coefficient (Wildman–Crippen LogP) is 2.07. The maximum atomic E-state index is 11.8. The van der Waals surface area contributed by atoms with Crippen molar-refractivity contribution >= 4 is 5.97 Å². The third-order valence-corrected chi connectivity index (χ3v) is 2.36. The summed E-state index contributed by atoms with van der Waals surface area (Å²) in [7, 11) is 0.